The maximum atomic E-state index is 9.82. The Labute approximate surface area is 170 Å². The lowest BCUT2D eigenvalue weighted by molar-refractivity contribution is 0.188. The highest BCUT2D eigenvalue weighted by Gasteiger charge is 2.35. The Bertz CT molecular complexity index is 999. The molecule has 4 heterocycles. The minimum absolute atomic E-state index is 0.181. The maximum absolute atomic E-state index is 9.82. The smallest absolute Gasteiger partial charge is 0.236 e. The summed E-state index contributed by atoms with van der Waals surface area (Å²) in [6.45, 7) is 10.4. The first-order valence-corrected chi connectivity index (χ1v) is 9.71. The van der Waals surface area contributed by atoms with Gasteiger partial charge in [-0.15, -0.1) is 0 Å². The van der Waals surface area contributed by atoms with Crippen LogP contribution in [-0.2, 0) is 0 Å². The van der Waals surface area contributed by atoms with E-state index in [1.54, 1.807) is 25.6 Å². The van der Waals surface area contributed by atoms with Crippen LogP contribution in [0.2, 0.25) is 0 Å². The highest BCUT2D eigenvalue weighted by molar-refractivity contribution is 5.48. The molecule has 0 aliphatic carbocycles. The Morgan fingerprint density at radius 2 is 1.79 bits per heavy atom. The van der Waals surface area contributed by atoms with E-state index in [1.165, 1.54) is 0 Å². The van der Waals surface area contributed by atoms with Crippen molar-refractivity contribution in [3.05, 3.63) is 48.6 Å². The fourth-order valence-corrected chi connectivity index (χ4v) is 3.66. The zero-order valence-electron chi connectivity index (χ0n) is 17.2. The number of hydrogen-bond acceptors (Lipinski definition) is 8. The number of imidazole rings is 1. The number of aromatic nitrogens is 6. The van der Waals surface area contributed by atoms with E-state index in [9.17, 15) is 5.11 Å². The Hall–Kier alpha value is -3.07. The molecule has 1 N–H and O–H groups in total. The van der Waals surface area contributed by atoms with Crippen molar-refractivity contribution in [1.29, 1.82) is 0 Å². The second-order valence-electron chi connectivity index (χ2n) is 7.97. The fraction of sp³-hybridized carbons (Fsp3) is 0.450. The molecule has 3 aromatic heterocycles. The Kier molecular flexibility index (Phi) is 4.91. The van der Waals surface area contributed by atoms with E-state index < -0.39 is 6.10 Å². The Balaban J connectivity index is 1.56. The zero-order chi connectivity index (χ0) is 20.6. The van der Waals surface area contributed by atoms with Crippen molar-refractivity contribution >= 4 is 11.6 Å². The van der Waals surface area contributed by atoms with Crippen molar-refractivity contribution in [1.82, 2.24) is 29.5 Å². The van der Waals surface area contributed by atoms with Gasteiger partial charge in [-0.2, -0.15) is 4.98 Å². The van der Waals surface area contributed by atoms with Crippen LogP contribution >= 0.6 is 0 Å². The molecule has 9 heteroatoms. The van der Waals surface area contributed by atoms with Crippen LogP contribution in [0.1, 0.15) is 38.4 Å². The van der Waals surface area contributed by atoms with Gasteiger partial charge in [0, 0.05) is 38.2 Å². The van der Waals surface area contributed by atoms with Crippen LogP contribution in [0.15, 0.2) is 37.1 Å². The van der Waals surface area contributed by atoms with E-state index in [2.05, 4.69) is 43.6 Å². The Morgan fingerprint density at radius 1 is 1.03 bits per heavy atom. The van der Waals surface area contributed by atoms with Gasteiger partial charge in [-0.25, -0.2) is 19.9 Å². The quantitative estimate of drug-likeness (QED) is 0.717. The summed E-state index contributed by atoms with van der Waals surface area (Å²) in [5, 5.41) is 9.82. The van der Waals surface area contributed by atoms with Crippen molar-refractivity contribution in [3.8, 4) is 5.95 Å². The summed E-state index contributed by atoms with van der Waals surface area (Å²) >= 11 is 0. The van der Waals surface area contributed by atoms with Crippen LogP contribution < -0.4 is 9.80 Å². The maximum Gasteiger partial charge on any atom is 0.236 e. The van der Waals surface area contributed by atoms with Gasteiger partial charge in [0.25, 0.3) is 0 Å². The predicted octanol–water partition coefficient (Wildman–Crippen LogP) is 1.92. The van der Waals surface area contributed by atoms with Gasteiger partial charge in [0.2, 0.25) is 5.95 Å². The van der Waals surface area contributed by atoms with Gasteiger partial charge in [0.1, 0.15) is 24.1 Å². The molecule has 152 valence electrons. The molecule has 0 bridgehead atoms. The number of rotatable bonds is 4. The number of piperazine rings is 1. The zero-order valence-corrected chi connectivity index (χ0v) is 17.2. The van der Waals surface area contributed by atoms with E-state index >= 15 is 0 Å². The van der Waals surface area contributed by atoms with Gasteiger partial charge in [0.15, 0.2) is 5.82 Å². The summed E-state index contributed by atoms with van der Waals surface area (Å²) < 4.78 is 1.83. The SMILES string of the molecule is Cc1cn(-c2nccc(N3CCN(c4ccnc([C@@H](C)O)n4)C(C)(C)C3)n2)cn1. The van der Waals surface area contributed by atoms with Gasteiger partial charge in [0.05, 0.1) is 11.2 Å². The number of hydrogen-bond donors (Lipinski definition) is 1. The van der Waals surface area contributed by atoms with Crippen molar-refractivity contribution < 1.29 is 5.11 Å². The monoisotopic (exact) mass is 394 g/mol. The van der Waals surface area contributed by atoms with Gasteiger partial charge >= 0.3 is 0 Å². The molecule has 1 saturated heterocycles. The van der Waals surface area contributed by atoms with Gasteiger partial charge in [-0.3, -0.25) is 4.57 Å². The lowest BCUT2D eigenvalue weighted by Crippen LogP contribution is -2.60. The Morgan fingerprint density at radius 3 is 2.48 bits per heavy atom. The molecule has 29 heavy (non-hydrogen) atoms. The van der Waals surface area contributed by atoms with E-state index in [4.69, 9.17) is 4.98 Å². The molecule has 9 nitrogen and oxygen atoms in total. The highest BCUT2D eigenvalue weighted by atomic mass is 16.3. The van der Waals surface area contributed by atoms with Crippen molar-refractivity contribution in [2.24, 2.45) is 0 Å². The van der Waals surface area contributed by atoms with Crippen molar-refractivity contribution in [2.75, 3.05) is 29.4 Å². The molecule has 1 fully saturated rings. The van der Waals surface area contributed by atoms with E-state index in [0.717, 1.165) is 37.0 Å². The molecule has 1 aliphatic rings. The minimum atomic E-state index is -0.689. The molecular formula is C20H26N8O. The van der Waals surface area contributed by atoms with Crippen LogP contribution in [0.4, 0.5) is 11.6 Å². The standard InChI is InChI=1S/C20H26N8O/c1-14-11-27(13-23-14)19-22-8-5-16(25-19)26-9-10-28(20(3,4)12-26)17-6-7-21-18(24-17)15(2)29/h5-8,11,13,15,29H,9-10,12H2,1-4H3/t15-/m1/s1. The van der Waals surface area contributed by atoms with Crippen LogP contribution in [0.25, 0.3) is 5.95 Å². The summed E-state index contributed by atoms with van der Waals surface area (Å²) in [6.07, 6.45) is 6.44. The number of aryl methyl sites for hydroxylation is 1. The normalized spacial score (nSPS) is 17.4. The molecule has 0 amide bonds. The first-order valence-electron chi connectivity index (χ1n) is 9.71. The third kappa shape index (κ3) is 3.91. The molecular weight excluding hydrogens is 368 g/mol. The first-order chi connectivity index (χ1) is 13.8. The summed E-state index contributed by atoms with van der Waals surface area (Å²) in [7, 11) is 0. The summed E-state index contributed by atoms with van der Waals surface area (Å²) in [5.74, 6) is 2.77. The number of nitrogens with zero attached hydrogens (tertiary/aromatic N) is 8. The third-order valence-corrected chi connectivity index (χ3v) is 5.11. The van der Waals surface area contributed by atoms with Gasteiger partial charge in [-0.05, 0) is 39.8 Å². The molecule has 4 rings (SSSR count). The second kappa shape index (κ2) is 7.40. The molecule has 0 radical (unpaired) electrons. The topological polar surface area (TPSA) is 96.1 Å². The lowest BCUT2D eigenvalue weighted by Gasteiger charge is -2.48. The van der Waals surface area contributed by atoms with E-state index in [0.29, 0.717) is 11.8 Å². The summed E-state index contributed by atoms with van der Waals surface area (Å²) in [6, 6.07) is 3.84. The average Bonchev–Trinajstić information content (AvgIpc) is 3.14. The number of aliphatic hydroxyl groups is 1. The molecule has 1 atom stereocenters. The van der Waals surface area contributed by atoms with Crippen LogP contribution in [0.3, 0.4) is 0 Å². The van der Waals surface area contributed by atoms with E-state index in [-0.39, 0.29) is 5.54 Å². The fourth-order valence-electron chi connectivity index (χ4n) is 3.66. The lowest BCUT2D eigenvalue weighted by atomic mass is 9.98. The number of anilines is 2. The minimum Gasteiger partial charge on any atom is -0.385 e. The highest BCUT2D eigenvalue weighted by Crippen LogP contribution is 2.29. The largest absolute Gasteiger partial charge is 0.385 e. The van der Waals surface area contributed by atoms with Gasteiger partial charge < -0.3 is 14.9 Å². The third-order valence-electron chi connectivity index (χ3n) is 5.11. The number of aliphatic hydroxyl groups excluding tert-OH is 1. The average molecular weight is 394 g/mol. The van der Waals surface area contributed by atoms with Gasteiger partial charge in [-0.1, -0.05) is 0 Å². The summed E-state index contributed by atoms with van der Waals surface area (Å²) in [4.78, 5) is 26.6. The second-order valence-corrected chi connectivity index (χ2v) is 7.97. The summed E-state index contributed by atoms with van der Waals surface area (Å²) in [5.41, 5.74) is 0.745. The molecule has 0 unspecified atom stereocenters. The molecule has 0 saturated carbocycles. The van der Waals surface area contributed by atoms with Crippen molar-refractivity contribution in [3.63, 3.8) is 0 Å². The predicted molar refractivity (Wildman–Crippen MR) is 110 cm³/mol. The van der Waals surface area contributed by atoms with Crippen LogP contribution in [0.5, 0.6) is 0 Å². The molecule has 1 aliphatic heterocycles. The molecule has 3 aromatic rings. The molecule has 0 aromatic carbocycles. The van der Waals surface area contributed by atoms with Crippen molar-refractivity contribution in [2.45, 2.75) is 39.3 Å². The van der Waals surface area contributed by atoms with Crippen LogP contribution in [0, 0.1) is 6.92 Å². The van der Waals surface area contributed by atoms with E-state index in [1.807, 2.05) is 29.8 Å². The molecule has 0 spiro atoms. The van der Waals surface area contributed by atoms with Crippen LogP contribution in [-0.4, -0.2) is 59.8 Å². The first kappa shape index (κ1) is 19.3.